The van der Waals surface area contributed by atoms with E-state index < -0.39 is 11.6 Å². The fraction of sp³-hybridized carbons (Fsp3) is 0.385. The smallest absolute Gasteiger partial charge is 0.201 e. The number of ether oxygens (including phenoxy) is 1. The van der Waals surface area contributed by atoms with Crippen molar-refractivity contribution in [1.82, 2.24) is 0 Å². The van der Waals surface area contributed by atoms with E-state index >= 15 is 0 Å². The van der Waals surface area contributed by atoms with Crippen LogP contribution in [0.1, 0.15) is 31.7 Å². The second kappa shape index (κ2) is 4.64. The summed E-state index contributed by atoms with van der Waals surface area (Å²) in [6.45, 7) is 2.07. The van der Waals surface area contributed by atoms with E-state index in [1.807, 2.05) is 6.08 Å². The molecule has 0 fully saturated rings. The van der Waals surface area contributed by atoms with Gasteiger partial charge >= 0.3 is 0 Å². The molecule has 1 aliphatic rings. The van der Waals surface area contributed by atoms with Gasteiger partial charge in [0.15, 0.2) is 11.6 Å². The summed E-state index contributed by atoms with van der Waals surface area (Å²) in [5.41, 5.74) is 1.28. The molecular weight excluding hydrogens is 210 g/mol. The van der Waals surface area contributed by atoms with Crippen LogP contribution < -0.4 is 4.74 Å². The lowest BCUT2D eigenvalue weighted by Gasteiger charge is -2.09. The first-order chi connectivity index (χ1) is 7.74. The van der Waals surface area contributed by atoms with Crippen LogP contribution in [0, 0.1) is 11.6 Å². The molecule has 3 heteroatoms. The lowest BCUT2D eigenvalue weighted by atomic mass is 10.0. The van der Waals surface area contributed by atoms with E-state index in [2.05, 4.69) is 0 Å². The first-order valence-electron chi connectivity index (χ1n) is 5.54. The zero-order valence-electron chi connectivity index (χ0n) is 9.22. The largest absolute Gasteiger partial charge is 0.491 e. The van der Waals surface area contributed by atoms with E-state index in [1.54, 1.807) is 13.0 Å². The maximum atomic E-state index is 13.7. The Balaban J connectivity index is 2.38. The lowest BCUT2D eigenvalue weighted by Crippen LogP contribution is -1.99. The van der Waals surface area contributed by atoms with Crippen molar-refractivity contribution >= 4 is 5.57 Å². The molecule has 16 heavy (non-hydrogen) atoms. The van der Waals surface area contributed by atoms with Crippen molar-refractivity contribution in [3.05, 3.63) is 35.4 Å². The van der Waals surface area contributed by atoms with E-state index in [9.17, 15) is 8.78 Å². The number of hydrogen-bond donors (Lipinski definition) is 0. The molecule has 0 saturated carbocycles. The van der Waals surface area contributed by atoms with Crippen molar-refractivity contribution < 1.29 is 13.5 Å². The van der Waals surface area contributed by atoms with E-state index in [0.717, 1.165) is 24.8 Å². The Morgan fingerprint density at radius 3 is 2.69 bits per heavy atom. The zero-order chi connectivity index (χ0) is 11.5. The Labute approximate surface area is 93.7 Å². The van der Waals surface area contributed by atoms with Crippen molar-refractivity contribution in [2.45, 2.75) is 26.2 Å². The van der Waals surface area contributed by atoms with Crippen LogP contribution in [0.5, 0.6) is 5.75 Å². The third-order valence-electron chi connectivity index (χ3n) is 2.73. The van der Waals surface area contributed by atoms with Crippen LogP contribution in [-0.2, 0) is 0 Å². The predicted molar refractivity (Wildman–Crippen MR) is 59.4 cm³/mol. The van der Waals surface area contributed by atoms with Gasteiger partial charge in [0.25, 0.3) is 0 Å². The Morgan fingerprint density at radius 1 is 1.25 bits per heavy atom. The molecule has 1 aliphatic carbocycles. The van der Waals surface area contributed by atoms with Crippen LogP contribution in [0.15, 0.2) is 18.2 Å². The van der Waals surface area contributed by atoms with E-state index in [4.69, 9.17) is 4.74 Å². The molecule has 0 amide bonds. The number of halogens is 2. The van der Waals surface area contributed by atoms with Crippen molar-refractivity contribution in [2.24, 2.45) is 0 Å². The summed E-state index contributed by atoms with van der Waals surface area (Å²) in [6.07, 6.45) is 4.76. The number of benzene rings is 1. The summed E-state index contributed by atoms with van der Waals surface area (Å²) in [4.78, 5) is 0. The number of rotatable bonds is 3. The molecule has 0 unspecified atom stereocenters. The highest BCUT2D eigenvalue weighted by Crippen LogP contribution is 2.32. The lowest BCUT2D eigenvalue weighted by molar-refractivity contribution is 0.314. The van der Waals surface area contributed by atoms with E-state index in [1.165, 1.54) is 6.07 Å². The average Bonchev–Trinajstić information content (AvgIpc) is 2.79. The maximum absolute atomic E-state index is 13.7. The summed E-state index contributed by atoms with van der Waals surface area (Å²) in [5, 5.41) is 0. The monoisotopic (exact) mass is 224 g/mol. The van der Waals surface area contributed by atoms with Gasteiger partial charge in [0.05, 0.1) is 6.61 Å². The Hall–Kier alpha value is -1.38. The van der Waals surface area contributed by atoms with Gasteiger partial charge in [-0.25, -0.2) is 4.39 Å². The minimum Gasteiger partial charge on any atom is -0.491 e. The van der Waals surface area contributed by atoms with Gasteiger partial charge in [0.1, 0.15) is 0 Å². The van der Waals surface area contributed by atoms with Gasteiger partial charge in [-0.2, -0.15) is 4.39 Å². The average molecular weight is 224 g/mol. The summed E-state index contributed by atoms with van der Waals surface area (Å²) in [6, 6.07) is 3.09. The topological polar surface area (TPSA) is 9.23 Å². The van der Waals surface area contributed by atoms with Gasteiger partial charge in [-0.05, 0) is 43.9 Å². The van der Waals surface area contributed by atoms with E-state index in [-0.39, 0.29) is 5.75 Å². The molecule has 0 spiro atoms. The Morgan fingerprint density at radius 2 is 2.06 bits per heavy atom. The Bertz CT molecular complexity index is 424. The molecule has 0 atom stereocenters. The highest BCUT2D eigenvalue weighted by molar-refractivity contribution is 5.68. The fourth-order valence-corrected chi connectivity index (χ4v) is 1.96. The Kier molecular flexibility index (Phi) is 3.22. The molecule has 1 aromatic rings. The van der Waals surface area contributed by atoms with Gasteiger partial charge in [-0.1, -0.05) is 6.08 Å². The SMILES string of the molecule is CCOc1ccc(C2=CCCC2)c(F)c1F. The highest BCUT2D eigenvalue weighted by Gasteiger charge is 2.18. The molecule has 86 valence electrons. The second-order valence-corrected chi connectivity index (χ2v) is 3.79. The molecule has 0 aromatic heterocycles. The molecule has 0 radical (unpaired) electrons. The van der Waals surface area contributed by atoms with Gasteiger partial charge in [-0.3, -0.25) is 0 Å². The minimum atomic E-state index is -0.882. The van der Waals surface area contributed by atoms with Gasteiger partial charge < -0.3 is 4.74 Å². The van der Waals surface area contributed by atoms with Crippen LogP contribution in [0.3, 0.4) is 0 Å². The van der Waals surface area contributed by atoms with Gasteiger partial charge in [-0.15, -0.1) is 0 Å². The molecule has 1 aromatic carbocycles. The highest BCUT2D eigenvalue weighted by atomic mass is 19.2. The van der Waals surface area contributed by atoms with Gasteiger partial charge in [0, 0.05) is 5.56 Å². The molecule has 0 aliphatic heterocycles. The zero-order valence-corrected chi connectivity index (χ0v) is 9.22. The summed E-state index contributed by atoms with van der Waals surface area (Å²) >= 11 is 0. The normalized spacial score (nSPS) is 15.1. The third kappa shape index (κ3) is 1.94. The fourth-order valence-electron chi connectivity index (χ4n) is 1.96. The predicted octanol–water partition coefficient (Wildman–Crippen LogP) is 3.93. The quantitative estimate of drug-likeness (QED) is 0.755. The molecular formula is C13H14F2O. The summed E-state index contributed by atoms with van der Waals surface area (Å²) in [5.74, 6) is -1.69. The van der Waals surface area contributed by atoms with Crippen molar-refractivity contribution in [3.63, 3.8) is 0 Å². The van der Waals surface area contributed by atoms with Crippen molar-refractivity contribution in [3.8, 4) is 5.75 Å². The second-order valence-electron chi connectivity index (χ2n) is 3.79. The first kappa shape index (κ1) is 11.1. The first-order valence-corrected chi connectivity index (χ1v) is 5.54. The molecule has 0 saturated heterocycles. The third-order valence-corrected chi connectivity index (χ3v) is 2.73. The molecule has 0 bridgehead atoms. The molecule has 1 nitrogen and oxygen atoms in total. The minimum absolute atomic E-state index is 0.0117. The molecule has 0 N–H and O–H groups in total. The molecule has 0 heterocycles. The van der Waals surface area contributed by atoms with E-state index in [0.29, 0.717) is 12.2 Å². The number of hydrogen-bond acceptors (Lipinski definition) is 1. The number of allylic oxidation sites excluding steroid dienone is 2. The maximum Gasteiger partial charge on any atom is 0.201 e. The molecule has 2 rings (SSSR count). The summed E-state index contributed by atoms with van der Waals surface area (Å²) < 4.78 is 32.3. The van der Waals surface area contributed by atoms with Crippen LogP contribution in [0.4, 0.5) is 8.78 Å². The van der Waals surface area contributed by atoms with Crippen LogP contribution in [0.2, 0.25) is 0 Å². The van der Waals surface area contributed by atoms with Crippen molar-refractivity contribution in [2.75, 3.05) is 6.61 Å². The van der Waals surface area contributed by atoms with Crippen molar-refractivity contribution in [1.29, 1.82) is 0 Å². The van der Waals surface area contributed by atoms with Crippen LogP contribution in [0.25, 0.3) is 5.57 Å². The van der Waals surface area contributed by atoms with Gasteiger partial charge in [0.2, 0.25) is 5.82 Å². The summed E-state index contributed by atoms with van der Waals surface area (Å²) in [7, 11) is 0. The standard InChI is InChI=1S/C13H14F2O/c1-2-16-11-8-7-10(12(14)13(11)15)9-5-3-4-6-9/h5,7-8H,2-4,6H2,1H3. The van der Waals surface area contributed by atoms with Crippen LogP contribution in [-0.4, -0.2) is 6.61 Å². The van der Waals surface area contributed by atoms with Crippen LogP contribution >= 0.6 is 0 Å².